The molecule has 3 nitrogen and oxygen atoms in total. The van der Waals surface area contributed by atoms with E-state index < -0.39 is 22.7 Å². The molecule has 0 atom stereocenters. The molecule has 7 heteroatoms. The summed E-state index contributed by atoms with van der Waals surface area (Å²) in [5, 5.41) is 4.70. The van der Waals surface area contributed by atoms with Crippen LogP contribution in [0.3, 0.4) is 0 Å². The van der Waals surface area contributed by atoms with Gasteiger partial charge in [0.1, 0.15) is 0 Å². The fraction of sp³-hybridized carbons (Fsp3) is 0.111. The van der Waals surface area contributed by atoms with Crippen molar-refractivity contribution in [2.24, 2.45) is 0 Å². The van der Waals surface area contributed by atoms with Gasteiger partial charge in [-0.25, -0.2) is 0 Å². The molecule has 0 radical (unpaired) electrons. The Kier molecular flexibility index (Phi) is 4.59. The van der Waals surface area contributed by atoms with Crippen molar-refractivity contribution >= 4 is 33.8 Å². The number of rotatable bonds is 4. The summed E-state index contributed by atoms with van der Waals surface area (Å²) >= 11 is 0.533. The fourth-order valence-corrected chi connectivity index (χ4v) is 3.31. The Morgan fingerprint density at radius 3 is 2.36 bits per heavy atom. The third kappa shape index (κ3) is 3.71. The largest absolute Gasteiger partial charge is 0.455 e. The molecule has 3 rings (SSSR count). The lowest BCUT2D eigenvalue weighted by molar-refractivity contribution is -0.0882. The van der Waals surface area contributed by atoms with Gasteiger partial charge in [-0.2, -0.15) is 13.2 Å². The second-order valence-corrected chi connectivity index (χ2v) is 6.40. The van der Waals surface area contributed by atoms with E-state index >= 15 is 0 Å². The van der Waals surface area contributed by atoms with E-state index in [1.165, 1.54) is 6.07 Å². The first kappa shape index (κ1) is 17.2. The van der Waals surface area contributed by atoms with Gasteiger partial charge in [0.25, 0.3) is 11.7 Å². The maximum Gasteiger partial charge on any atom is 0.455 e. The topological polar surface area (TPSA) is 46.2 Å². The predicted molar refractivity (Wildman–Crippen MR) is 89.8 cm³/mol. The van der Waals surface area contributed by atoms with Gasteiger partial charge in [0.15, 0.2) is 0 Å². The molecule has 0 aliphatic heterocycles. The van der Waals surface area contributed by atoms with Crippen LogP contribution in [0.1, 0.15) is 24.9 Å². The average molecular weight is 363 g/mol. The van der Waals surface area contributed by atoms with Gasteiger partial charge in [-0.15, -0.1) is 11.3 Å². The number of ketones is 1. The maximum atomic E-state index is 12.4. The third-order valence-corrected chi connectivity index (χ3v) is 4.71. The molecule has 1 amide bonds. The summed E-state index contributed by atoms with van der Waals surface area (Å²) in [6.07, 6.45) is -4.94. The quantitative estimate of drug-likeness (QED) is 0.690. The van der Waals surface area contributed by atoms with Crippen LogP contribution in [0.15, 0.2) is 54.6 Å². The van der Waals surface area contributed by atoms with Crippen molar-refractivity contribution in [3.63, 3.8) is 0 Å². The normalized spacial score (nSPS) is 11.5. The summed E-state index contributed by atoms with van der Waals surface area (Å²) in [5.41, 5.74) is 0.898. The molecular formula is C18H12F3NO2S. The fourth-order valence-electron chi connectivity index (χ4n) is 2.43. The highest BCUT2D eigenvalue weighted by atomic mass is 32.1. The predicted octanol–water partition coefficient (Wildman–Crippen LogP) is 4.58. The Hall–Kier alpha value is -2.67. The summed E-state index contributed by atoms with van der Waals surface area (Å²) in [4.78, 5) is 22.9. The molecule has 0 unspecified atom stereocenters. The van der Waals surface area contributed by atoms with Crippen LogP contribution in [0, 0.1) is 0 Å². The second kappa shape index (κ2) is 6.68. The van der Waals surface area contributed by atoms with E-state index in [-0.39, 0.29) is 11.4 Å². The summed E-state index contributed by atoms with van der Waals surface area (Å²) in [7, 11) is 0. The number of hydrogen-bond acceptors (Lipinski definition) is 3. The first-order chi connectivity index (χ1) is 11.9. The molecule has 0 spiro atoms. The minimum Gasteiger partial charge on any atom is -0.347 e. The first-order valence-corrected chi connectivity index (χ1v) is 8.14. The third-order valence-electron chi connectivity index (χ3n) is 3.63. The zero-order valence-corrected chi connectivity index (χ0v) is 13.6. The number of amides is 1. The van der Waals surface area contributed by atoms with E-state index in [0.29, 0.717) is 11.3 Å². The van der Waals surface area contributed by atoms with E-state index in [2.05, 4.69) is 5.32 Å². The van der Waals surface area contributed by atoms with Gasteiger partial charge in [-0.1, -0.05) is 42.5 Å². The second-order valence-electron chi connectivity index (χ2n) is 5.31. The molecule has 1 N–H and O–H groups in total. The van der Waals surface area contributed by atoms with Crippen LogP contribution >= 0.6 is 11.3 Å². The van der Waals surface area contributed by atoms with E-state index in [0.717, 1.165) is 22.4 Å². The van der Waals surface area contributed by atoms with Crippen LogP contribution in [-0.2, 0) is 6.54 Å². The standard InChI is InChI=1S/C18H12F3NO2S/c19-18(20,21)16(23)14-8-9-15(25-14)17(24)22-10-12-6-3-5-11-4-1-2-7-13(11)12/h1-9H,10H2,(H,22,24). The van der Waals surface area contributed by atoms with Gasteiger partial charge in [0, 0.05) is 6.54 Å². The van der Waals surface area contributed by atoms with Gasteiger partial charge in [-0.3, -0.25) is 9.59 Å². The molecule has 3 aromatic rings. The Balaban J connectivity index is 1.73. The lowest BCUT2D eigenvalue weighted by Crippen LogP contribution is -2.22. The first-order valence-electron chi connectivity index (χ1n) is 7.32. The number of benzene rings is 2. The highest BCUT2D eigenvalue weighted by Gasteiger charge is 2.40. The number of carbonyl (C=O) groups excluding carboxylic acids is 2. The SMILES string of the molecule is O=C(NCc1cccc2ccccc12)c1ccc(C(=O)C(F)(F)F)s1. The van der Waals surface area contributed by atoms with E-state index in [9.17, 15) is 22.8 Å². The van der Waals surface area contributed by atoms with Gasteiger partial charge >= 0.3 is 6.18 Å². The van der Waals surface area contributed by atoms with Crippen molar-refractivity contribution in [2.45, 2.75) is 12.7 Å². The van der Waals surface area contributed by atoms with E-state index in [1.807, 2.05) is 42.5 Å². The number of halogens is 3. The minimum absolute atomic E-state index is 0.0628. The maximum absolute atomic E-state index is 12.4. The number of thiophene rings is 1. The Morgan fingerprint density at radius 2 is 1.60 bits per heavy atom. The van der Waals surface area contributed by atoms with Crippen molar-refractivity contribution < 1.29 is 22.8 Å². The molecule has 0 saturated carbocycles. The lowest BCUT2D eigenvalue weighted by atomic mass is 10.0. The van der Waals surface area contributed by atoms with Crippen LogP contribution in [0.4, 0.5) is 13.2 Å². The molecule has 1 heterocycles. The molecule has 25 heavy (non-hydrogen) atoms. The lowest BCUT2D eigenvalue weighted by Gasteiger charge is -2.07. The molecule has 0 aliphatic rings. The summed E-state index contributed by atoms with van der Waals surface area (Å²) in [6.45, 7) is 0.237. The number of nitrogens with one attached hydrogen (secondary N) is 1. The number of Topliss-reactive ketones (excluding diaryl/α,β-unsaturated/α-hetero) is 1. The zero-order chi connectivity index (χ0) is 18.0. The Bertz CT molecular complexity index is 941. The van der Waals surface area contributed by atoms with Crippen molar-refractivity contribution in [3.8, 4) is 0 Å². The summed E-state index contributed by atoms with van der Waals surface area (Å²) < 4.78 is 37.3. The van der Waals surface area contributed by atoms with Crippen molar-refractivity contribution in [2.75, 3.05) is 0 Å². The summed E-state index contributed by atoms with van der Waals surface area (Å²) in [6, 6.07) is 15.6. The molecule has 0 saturated heterocycles. The van der Waals surface area contributed by atoms with Gasteiger partial charge in [0.2, 0.25) is 0 Å². The minimum atomic E-state index is -4.94. The molecule has 0 aliphatic carbocycles. The molecule has 0 fully saturated rings. The van der Waals surface area contributed by atoms with Crippen LogP contribution in [0.25, 0.3) is 10.8 Å². The van der Waals surface area contributed by atoms with Crippen LogP contribution in [-0.4, -0.2) is 17.9 Å². The van der Waals surface area contributed by atoms with Crippen molar-refractivity contribution in [1.82, 2.24) is 5.32 Å². The van der Waals surface area contributed by atoms with Crippen molar-refractivity contribution in [3.05, 3.63) is 69.9 Å². The monoisotopic (exact) mass is 363 g/mol. The van der Waals surface area contributed by atoms with Gasteiger partial charge in [0.05, 0.1) is 9.75 Å². The molecule has 2 aromatic carbocycles. The van der Waals surface area contributed by atoms with E-state index in [4.69, 9.17) is 0 Å². The van der Waals surface area contributed by atoms with Crippen LogP contribution in [0.5, 0.6) is 0 Å². The number of fused-ring (bicyclic) bond motifs is 1. The van der Waals surface area contributed by atoms with Crippen molar-refractivity contribution in [1.29, 1.82) is 0 Å². The van der Waals surface area contributed by atoms with E-state index in [1.54, 1.807) is 0 Å². The van der Waals surface area contributed by atoms with Crippen LogP contribution in [0.2, 0.25) is 0 Å². The average Bonchev–Trinajstić information content (AvgIpc) is 3.08. The molecule has 128 valence electrons. The highest BCUT2D eigenvalue weighted by molar-refractivity contribution is 7.16. The number of hydrogen-bond donors (Lipinski definition) is 1. The molecular weight excluding hydrogens is 351 g/mol. The molecule has 0 bridgehead atoms. The smallest absolute Gasteiger partial charge is 0.347 e. The zero-order valence-electron chi connectivity index (χ0n) is 12.8. The van der Waals surface area contributed by atoms with Gasteiger partial charge < -0.3 is 5.32 Å². The number of carbonyl (C=O) groups is 2. The molecule has 1 aromatic heterocycles. The van der Waals surface area contributed by atoms with Crippen LogP contribution < -0.4 is 5.32 Å². The number of alkyl halides is 3. The summed E-state index contributed by atoms with van der Waals surface area (Å²) in [5.74, 6) is -2.45. The Morgan fingerprint density at radius 1 is 0.920 bits per heavy atom. The Labute approximate surface area is 145 Å². The van der Waals surface area contributed by atoms with Gasteiger partial charge in [-0.05, 0) is 28.5 Å². The highest BCUT2D eigenvalue weighted by Crippen LogP contribution is 2.26.